The summed E-state index contributed by atoms with van der Waals surface area (Å²) < 4.78 is 5.07. The van der Waals surface area contributed by atoms with Gasteiger partial charge in [0.05, 0.1) is 18.2 Å². The van der Waals surface area contributed by atoms with Gasteiger partial charge in [-0.15, -0.1) is 0 Å². The number of allylic oxidation sites excluding steroid dienone is 1. The van der Waals surface area contributed by atoms with Crippen molar-refractivity contribution in [2.75, 3.05) is 6.61 Å². The number of nitriles is 1. The topological polar surface area (TPSA) is 79.2 Å². The molecule has 108 valence electrons. The summed E-state index contributed by atoms with van der Waals surface area (Å²) in [6, 6.07) is 11.1. The van der Waals surface area contributed by atoms with Crippen LogP contribution < -0.4 is 5.32 Å². The molecule has 0 saturated carbocycles. The van der Waals surface area contributed by atoms with Gasteiger partial charge < -0.3 is 10.1 Å². The van der Waals surface area contributed by atoms with E-state index in [1.54, 1.807) is 26.0 Å². The Morgan fingerprint density at radius 2 is 2.05 bits per heavy atom. The quantitative estimate of drug-likeness (QED) is 0.859. The molecule has 2 atom stereocenters. The number of carbonyl (C=O) groups is 2. The highest BCUT2D eigenvalue weighted by Crippen LogP contribution is 2.37. The number of esters is 1. The molecular weight excluding hydrogens is 268 g/mol. The van der Waals surface area contributed by atoms with Gasteiger partial charge in [0.1, 0.15) is 5.92 Å². The molecule has 0 aromatic heterocycles. The molecule has 1 aliphatic heterocycles. The molecule has 5 nitrogen and oxygen atoms in total. The van der Waals surface area contributed by atoms with Gasteiger partial charge in [0.25, 0.3) is 0 Å². The largest absolute Gasteiger partial charge is 0.463 e. The molecule has 1 aromatic carbocycles. The van der Waals surface area contributed by atoms with Gasteiger partial charge in [-0.05, 0) is 19.4 Å². The third-order valence-electron chi connectivity index (χ3n) is 3.43. The number of rotatable bonds is 3. The summed E-state index contributed by atoms with van der Waals surface area (Å²) in [6.07, 6.45) is 0. The van der Waals surface area contributed by atoms with E-state index < -0.39 is 23.7 Å². The maximum atomic E-state index is 12.2. The first kappa shape index (κ1) is 14.8. The highest BCUT2D eigenvalue weighted by molar-refractivity contribution is 5.97. The van der Waals surface area contributed by atoms with Crippen molar-refractivity contribution in [2.45, 2.75) is 19.8 Å². The van der Waals surface area contributed by atoms with E-state index >= 15 is 0 Å². The number of ether oxygens (including phenoxy) is 1. The van der Waals surface area contributed by atoms with E-state index in [0.29, 0.717) is 11.3 Å². The lowest BCUT2D eigenvalue weighted by Crippen LogP contribution is -2.41. The zero-order valence-corrected chi connectivity index (χ0v) is 11.9. The molecule has 1 amide bonds. The maximum absolute atomic E-state index is 12.2. The summed E-state index contributed by atoms with van der Waals surface area (Å²) in [5, 5.41) is 11.9. The second kappa shape index (κ2) is 6.23. The van der Waals surface area contributed by atoms with Crippen molar-refractivity contribution in [3.05, 3.63) is 47.2 Å². The Kier molecular flexibility index (Phi) is 4.39. The molecule has 0 spiro atoms. The molecule has 1 N–H and O–H groups in total. The lowest BCUT2D eigenvalue weighted by Gasteiger charge is -2.30. The van der Waals surface area contributed by atoms with Crippen LogP contribution in [0.1, 0.15) is 25.3 Å². The Labute approximate surface area is 123 Å². The summed E-state index contributed by atoms with van der Waals surface area (Å²) in [6.45, 7) is 3.60. The molecule has 5 heteroatoms. The summed E-state index contributed by atoms with van der Waals surface area (Å²) >= 11 is 0. The lowest BCUT2D eigenvalue weighted by atomic mass is 9.77. The summed E-state index contributed by atoms with van der Waals surface area (Å²) in [4.78, 5) is 24.2. The number of hydrogen-bond acceptors (Lipinski definition) is 4. The molecule has 0 aliphatic carbocycles. The van der Waals surface area contributed by atoms with Gasteiger partial charge in [-0.25, -0.2) is 4.79 Å². The van der Waals surface area contributed by atoms with Crippen molar-refractivity contribution >= 4 is 11.9 Å². The Balaban J connectivity index is 2.56. The van der Waals surface area contributed by atoms with Crippen LogP contribution in [0, 0.1) is 17.2 Å². The molecular formula is C16H16N2O3. The van der Waals surface area contributed by atoms with Crippen LogP contribution in [0.25, 0.3) is 0 Å². The molecule has 21 heavy (non-hydrogen) atoms. The molecule has 0 bridgehead atoms. The fourth-order valence-corrected chi connectivity index (χ4v) is 2.52. The third-order valence-corrected chi connectivity index (χ3v) is 3.43. The smallest absolute Gasteiger partial charge is 0.336 e. The first-order valence-corrected chi connectivity index (χ1v) is 6.73. The lowest BCUT2D eigenvalue weighted by molar-refractivity contribution is -0.139. The van der Waals surface area contributed by atoms with Crippen LogP contribution >= 0.6 is 0 Å². The van der Waals surface area contributed by atoms with E-state index in [4.69, 9.17) is 4.74 Å². The van der Waals surface area contributed by atoms with Gasteiger partial charge in [0.2, 0.25) is 5.91 Å². The molecule has 0 radical (unpaired) electrons. The van der Waals surface area contributed by atoms with E-state index in [9.17, 15) is 14.9 Å². The van der Waals surface area contributed by atoms with Gasteiger partial charge in [-0.2, -0.15) is 5.26 Å². The van der Waals surface area contributed by atoms with E-state index in [-0.39, 0.29) is 6.61 Å². The average molecular weight is 284 g/mol. The average Bonchev–Trinajstić information content (AvgIpc) is 2.47. The minimum Gasteiger partial charge on any atom is -0.463 e. The minimum absolute atomic E-state index is 0.238. The number of benzene rings is 1. The van der Waals surface area contributed by atoms with Crippen molar-refractivity contribution in [3.63, 3.8) is 0 Å². The van der Waals surface area contributed by atoms with E-state index in [1.165, 1.54) is 0 Å². The Hall–Kier alpha value is -2.61. The fourth-order valence-electron chi connectivity index (χ4n) is 2.52. The van der Waals surface area contributed by atoms with Crippen molar-refractivity contribution in [1.29, 1.82) is 5.26 Å². The van der Waals surface area contributed by atoms with E-state index in [0.717, 1.165) is 5.56 Å². The normalized spacial score (nSPS) is 21.5. The van der Waals surface area contributed by atoms with Gasteiger partial charge in [-0.1, -0.05) is 30.3 Å². The second-order valence-corrected chi connectivity index (χ2v) is 4.74. The zero-order valence-electron chi connectivity index (χ0n) is 11.9. The van der Waals surface area contributed by atoms with Crippen molar-refractivity contribution < 1.29 is 14.3 Å². The molecule has 0 saturated heterocycles. The second-order valence-electron chi connectivity index (χ2n) is 4.74. The van der Waals surface area contributed by atoms with Crippen LogP contribution in [0.2, 0.25) is 0 Å². The van der Waals surface area contributed by atoms with Crippen molar-refractivity contribution in [2.24, 2.45) is 5.92 Å². The first-order valence-electron chi connectivity index (χ1n) is 6.73. The molecule has 1 aromatic rings. The van der Waals surface area contributed by atoms with Gasteiger partial charge >= 0.3 is 5.97 Å². The third kappa shape index (κ3) is 2.79. The van der Waals surface area contributed by atoms with Crippen LogP contribution in [-0.2, 0) is 14.3 Å². The summed E-state index contributed by atoms with van der Waals surface area (Å²) in [5.74, 6) is -2.44. The number of hydrogen-bond donors (Lipinski definition) is 1. The van der Waals surface area contributed by atoms with Gasteiger partial charge in [0, 0.05) is 11.6 Å². The van der Waals surface area contributed by atoms with Crippen LogP contribution in [0.15, 0.2) is 41.6 Å². The monoisotopic (exact) mass is 284 g/mol. The number of nitrogens with one attached hydrogen (secondary N) is 1. The maximum Gasteiger partial charge on any atom is 0.336 e. The molecule has 1 heterocycles. The van der Waals surface area contributed by atoms with E-state index in [1.807, 2.05) is 24.3 Å². The Bertz CT molecular complexity index is 629. The van der Waals surface area contributed by atoms with E-state index in [2.05, 4.69) is 5.32 Å². The van der Waals surface area contributed by atoms with Crippen LogP contribution in [0.5, 0.6) is 0 Å². The predicted molar refractivity (Wildman–Crippen MR) is 75.8 cm³/mol. The predicted octanol–water partition coefficient (Wildman–Crippen LogP) is 1.88. The fraction of sp³-hybridized carbons (Fsp3) is 0.312. The van der Waals surface area contributed by atoms with Gasteiger partial charge in [0.15, 0.2) is 0 Å². The van der Waals surface area contributed by atoms with Gasteiger partial charge in [-0.3, -0.25) is 4.79 Å². The number of nitrogens with zero attached hydrogens (tertiary/aromatic N) is 1. The van der Waals surface area contributed by atoms with Crippen LogP contribution in [-0.4, -0.2) is 18.5 Å². The Morgan fingerprint density at radius 1 is 1.38 bits per heavy atom. The highest BCUT2D eigenvalue weighted by Gasteiger charge is 2.41. The zero-order chi connectivity index (χ0) is 15.4. The molecule has 0 fully saturated rings. The van der Waals surface area contributed by atoms with Crippen molar-refractivity contribution in [3.8, 4) is 6.07 Å². The standard InChI is InChI=1S/C16H16N2O3/c1-3-21-16(20)13-10(2)18-15(19)12(9-17)14(13)11-7-5-4-6-8-11/h4-8,12,14H,3H2,1-2H3,(H,18,19). The summed E-state index contributed by atoms with van der Waals surface area (Å²) in [5.41, 5.74) is 1.54. The molecule has 2 rings (SSSR count). The molecule has 2 unspecified atom stereocenters. The number of carbonyl (C=O) groups excluding carboxylic acids is 2. The summed E-state index contributed by atoms with van der Waals surface area (Å²) in [7, 11) is 0. The van der Waals surface area contributed by atoms with Crippen LogP contribution in [0.4, 0.5) is 0 Å². The number of amides is 1. The van der Waals surface area contributed by atoms with Crippen molar-refractivity contribution in [1.82, 2.24) is 5.32 Å². The molecule has 1 aliphatic rings. The Morgan fingerprint density at radius 3 is 2.62 bits per heavy atom. The SMILES string of the molecule is CCOC(=O)C1=C(C)NC(=O)C(C#N)C1c1ccccc1. The highest BCUT2D eigenvalue weighted by atomic mass is 16.5. The first-order chi connectivity index (χ1) is 10.1. The minimum atomic E-state index is -0.949. The van der Waals surface area contributed by atoms with Crippen LogP contribution in [0.3, 0.4) is 0 Å².